The topological polar surface area (TPSA) is 63.4 Å². The van der Waals surface area contributed by atoms with Crippen molar-refractivity contribution >= 4 is 29.0 Å². The third-order valence-corrected chi connectivity index (χ3v) is 5.82. The molecule has 0 aromatic carbocycles. The number of carbonyl (C=O) groups excluding carboxylic acids is 2. The molecular formula is C16H24N2O2S. The van der Waals surface area contributed by atoms with Crippen LogP contribution in [-0.2, 0) is 9.59 Å². The number of carbonyl (C=O) groups is 2. The molecule has 2 N–H and O–H groups in total. The van der Waals surface area contributed by atoms with Gasteiger partial charge in [-0.2, -0.15) is 0 Å². The van der Waals surface area contributed by atoms with Crippen LogP contribution in [0.15, 0.2) is 0 Å². The first-order chi connectivity index (χ1) is 10.0. The fraction of sp³-hybridized carbons (Fsp3) is 0.812. The van der Waals surface area contributed by atoms with Crippen LogP contribution in [-0.4, -0.2) is 27.7 Å². The molecule has 1 heterocycles. The van der Waals surface area contributed by atoms with Gasteiger partial charge in [0.25, 0.3) is 0 Å². The van der Waals surface area contributed by atoms with Gasteiger partial charge in [-0.15, -0.1) is 0 Å². The summed E-state index contributed by atoms with van der Waals surface area (Å²) in [5.74, 6) is 0.463. The number of thiocarbonyl (C=S) groups is 1. The van der Waals surface area contributed by atoms with Crippen molar-refractivity contribution in [3.8, 4) is 0 Å². The molecule has 1 aliphatic heterocycles. The summed E-state index contributed by atoms with van der Waals surface area (Å²) in [5, 5.41) is 0. The number of imide groups is 1. The second-order valence-electron chi connectivity index (χ2n) is 7.08. The van der Waals surface area contributed by atoms with Crippen molar-refractivity contribution in [1.29, 1.82) is 0 Å². The Bertz CT molecular complexity index is 449. The van der Waals surface area contributed by atoms with Crippen LogP contribution in [0.3, 0.4) is 0 Å². The van der Waals surface area contributed by atoms with Crippen molar-refractivity contribution in [2.45, 2.75) is 57.9 Å². The molecule has 0 bridgehead atoms. The van der Waals surface area contributed by atoms with E-state index in [1.807, 2.05) is 0 Å². The van der Waals surface area contributed by atoms with Crippen LogP contribution in [0.25, 0.3) is 0 Å². The zero-order valence-corrected chi connectivity index (χ0v) is 13.4. The van der Waals surface area contributed by atoms with Gasteiger partial charge in [0.05, 0.1) is 22.9 Å². The van der Waals surface area contributed by atoms with Crippen molar-refractivity contribution in [3.63, 3.8) is 0 Å². The molecule has 116 valence electrons. The molecule has 4 nitrogen and oxygen atoms in total. The average molecular weight is 308 g/mol. The molecule has 0 aromatic rings. The van der Waals surface area contributed by atoms with Gasteiger partial charge in [0.2, 0.25) is 11.8 Å². The van der Waals surface area contributed by atoms with Crippen LogP contribution in [0.2, 0.25) is 0 Å². The van der Waals surface area contributed by atoms with Gasteiger partial charge >= 0.3 is 0 Å². The number of hydrogen-bond acceptors (Lipinski definition) is 3. The van der Waals surface area contributed by atoms with E-state index in [4.69, 9.17) is 18.0 Å². The highest BCUT2D eigenvalue weighted by atomic mass is 32.1. The van der Waals surface area contributed by atoms with Gasteiger partial charge in [-0.1, -0.05) is 38.4 Å². The number of fused-ring (bicyclic) bond motifs is 1. The van der Waals surface area contributed by atoms with E-state index >= 15 is 0 Å². The Kier molecular flexibility index (Phi) is 4.04. The van der Waals surface area contributed by atoms with E-state index in [0.29, 0.717) is 10.9 Å². The summed E-state index contributed by atoms with van der Waals surface area (Å²) in [4.78, 5) is 27.2. The van der Waals surface area contributed by atoms with Crippen molar-refractivity contribution in [3.05, 3.63) is 0 Å². The third kappa shape index (κ3) is 2.50. The monoisotopic (exact) mass is 308 g/mol. The summed E-state index contributed by atoms with van der Waals surface area (Å²) in [6, 6.07) is -0.346. The first-order valence-electron chi connectivity index (χ1n) is 8.17. The summed E-state index contributed by atoms with van der Waals surface area (Å²) in [6.07, 6.45) is 7.22. The standard InChI is InChI=1S/C16H24N2O2S/c1-9-7-11-12(8-9)16(20)18(15(11)19)13(14(17)21)10-5-3-2-4-6-10/h9-13H,2-8H2,1H3,(H2,17,21). The van der Waals surface area contributed by atoms with Gasteiger partial charge in [0.15, 0.2) is 0 Å². The molecule has 3 unspecified atom stereocenters. The number of rotatable bonds is 3. The van der Waals surface area contributed by atoms with Gasteiger partial charge in [0.1, 0.15) is 0 Å². The van der Waals surface area contributed by atoms with Gasteiger partial charge in [0, 0.05) is 0 Å². The molecule has 3 fully saturated rings. The zero-order chi connectivity index (χ0) is 15.1. The Balaban J connectivity index is 1.85. The van der Waals surface area contributed by atoms with Gasteiger partial charge in [-0.05, 0) is 37.5 Å². The van der Waals surface area contributed by atoms with E-state index in [1.54, 1.807) is 0 Å². The minimum Gasteiger partial charge on any atom is -0.392 e. The highest BCUT2D eigenvalue weighted by Crippen LogP contribution is 2.45. The maximum Gasteiger partial charge on any atom is 0.233 e. The van der Waals surface area contributed by atoms with Crippen molar-refractivity contribution in [2.75, 3.05) is 0 Å². The number of likely N-dealkylation sites (tertiary alicyclic amines) is 1. The molecule has 5 heteroatoms. The van der Waals surface area contributed by atoms with Gasteiger partial charge in [-0.3, -0.25) is 14.5 Å². The third-order valence-electron chi connectivity index (χ3n) is 5.57. The summed E-state index contributed by atoms with van der Waals surface area (Å²) >= 11 is 5.23. The molecule has 3 atom stereocenters. The smallest absolute Gasteiger partial charge is 0.233 e. The lowest BCUT2D eigenvalue weighted by molar-refractivity contribution is -0.143. The predicted molar refractivity (Wildman–Crippen MR) is 84.4 cm³/mol. The lowest BCUT2D eigenvalue weighted by Crippen LogP contribution is -2.52. The second kappa shape index (κ2) is 5.67. The number of hydrogen-bond donors (Lipinski definition) is 1. The lowest BCUT2D eigenvalue weighted by Gasteiger charge is -2.35. The maximum absolute atomic E-state index is 12.7. The minimum atomic E-state index is -0.346. The average Bonchev–Trinajstić information content (AvgIpc) is 2.93. The highest BCUT2D eigenvalue weighted by molar-refractivity contribution is 7.80. The van der Waals surface area contributed by atoms with E-state index in [-0.39, 0.29) is 35.6 Å². The summed E-state index contributed by atoms with van der Waals surface area (Å²) in [5.41, 5.74) is 5.93. The fourth-order valence-corrected chi connectivity index (χ4v) is 4.90. The first-order valence-corrected chi connectivity index (χ1v) is 8.57. The number of amides is 2. The Hall–Kier alpha value is -0.970. The van der Waals surface area contributed by atoms with E-state index in [0.717, 1.165) is 38.5 Å². The van der Waals surface area contributed by atoms with E-state index in [2.05, 4.69) is 6.92 Å². The maximum atomic E-state index is 12.7. The SMILES string of the molecule is CC1CC2C(=O)N(C(C(N)=S)C3CCCCC3)C(=O)C2C1. The molecule has 3 aliphatic rings. The summed E-state index contributed by atoms with van der Waals surface area (Å²) in [6.45, 7) is 2.12. The van der Waals surface area contributed by atoms with E-state index in [1.165, 1.54) is 11.3 Å². The fourth-order valence-electron chi connectivity index (χ4n) is 4.60. The van der Waals surface area contributed by atoms with Crippen LogP contribution < -0.4 is 5.73 Å². The molecule has 3 rings (SSSR count). The minimum absolute atomic E-state index is 0.0160. The highest BCUT2D eigenvalue weighted by Gasteiger charge is 2.54. The quantitative estimate of drug-likeness (QED) is 0.641. The molecule has 0 spiro atoms. The van der Waals surface area contributed by atoms with Crippen LogP contribution >= 0.6 is 12.2 Å². The van der Waals surface area contributed by atoms with Crippen LogP contribution in [0.5, 0.6) is 0 Å². The molecule has 0 radical (unpaired) electrons. The Labute approximate surface area is 131 Å². The summed E-state index contributed by atoms with van der Waals surface area (Å²) in [7, 11) is 0. The van der Waals surface area contributed by atoms with E-state index in [9.17, 15) is 9.59 Å². The lowest BCUT2D eigenvalue weighted by atomic mass is 9.83. The largest absolute Gasteiger partial charge is 0.392 e. The number of nitrogens with two attached hydrogens (primary N) is 1. The molecule has 21 heavy (non-hydrogen) atoms. The van der Waals surface area contributed by atoms with Gasteiger partial charge in [-0.25, -0.2) is 0 Å². The number of nitrogens with zero attached hydrogens (tertiary/aromatic N) is 1. The Morgan fingerprint density at radius 1 is 1.14 bits per heavy atom. The van der Waals surface area contributed by atoms with Crippen molar-refractivity contribution in [2.24, 2.45) is 29.4 Å². The molecule has 0 aromatic heterocycles. The van der Waals surface area contributed by atoms with Crippen molar-refractivity contribution in [1.82, 2.24) is 4.90 Å². The Morgan fingerprint density at radius 3 is 2.14 bits per heavy atom. The van der Waals surface area contributed by atoms with Crippen LogP contribution in [0.4, 0.5) is 0 Å². The van der Waals surface area contributed by atoms with Crippen LogP contribution in [0.1, 0.15) is 51.9 Å². The molecule has 2 aliphatic carbocycles. The predicted octanol–water partition coefficient (Wildman–Crippen LogP) is 2.25. The normalized spacial score (nSPS) is 35.1. The molecular weight excluding hydrogens is 284 g/mol. The zero-order valence-electron chi connectivity index (χ0n) is 12.6. The molecule has 1 saturated heterocycles. The van der Waals surface area contributed by atoms with Gasteiger partial charge < -0.3 is 5.73 Å². The molecule has 2 amide bonds. The first kappa shape index (κ1) is 14.9. The summed E-state index contributed by atoms with van der Waals surface area (Å²) < 4.78 is 0. The Morgan fingerprint density at radius 2 is 1.67 bits per heavy atom. The second-order valence-corrected chi connectivity index (χ2v) is 7.55. The van der Waals surface area contributed by atoms with Crippen molar-refractivity contribution < 1.29 is 9.59 Å². The molecule has 2 saturated carbocycles. The van der Waals surface area contributed by atoms with Crippen LogP contribution in [0, 0.1) is 23.7 Å². The van der Waals surface area contributed by atoms with E-state index < -0.39 is 0 Å².